The summed E-state index contributed by atoms with van der Waals surface area (Å²) in [5.74, 6) is 1.42. The fraction of sp³-hybridized carbons (Fsp3) is 1.00. The second-order valence-electron chi connectivity index (χ2n) is 7.04. The average Bonchev–Trinajstić information content (AvgIpc) is 2.45. The maximum atomic E-state index is 11.1. The maximum absolute atomic E-state index is 11.1. The minimum atomic E-state index is -2.81. The first kappa shape index (κ1) is 22.1. The summed E-state index contributed by atoms with van der Waals surface area (Å²) in [7, 11) is -2.81. The van der Waals surface area contributed by atoms with E-state index in [0.717, 1.165) is 31.6 Å². The molecule has 3 unspecified atom stereocenters. The molecule has 3 atom stereocenters. The van der Waals surface area contributed by atoms with Gasteiger partial charge in [-0.05, 0) is 24.7 Å². The second-order valence-corrected chi connectivity index (χ2v) is 7.81. The molecule has 0 aliphatic heterocycles. The zero-order valence-electron chi connectivity index (χ0n) is 15.3. The quantitative estimate of drug-likeness (QED) is 0.280. The summed E-state index contributed by atoms with van der Waals surface area (Å²) in [5.41, 5.74) is 0. The molecule has 4 heteroatoms. The molecule has 0 fully saturated rings. The van der Waals surface area contributed by atoms with E-state index in [1.807, 2.05) is 0 Å². The number of rotatable bonds is 15. The van der Waals surface area contributed by atoms with Crippen molar-refractivity contribution < 1.29 is 14.0 Å². The minimum absolute atomic E-state index is 0.0247. The van der Waals surface area contributed by atoms with E-state index >= 15 is 0 Å². The smallest absolute Gasteiger partial charge is 0.316 e. The van der Waals surface area contributed by atoms with Crippen LogP contribution in [-0.2, 0) is 9.09 Å². The van der Waals surface area contributed by atoms with Crippen LogP contribution in [0.2, 0.25) is 0 Å². The summed E-state index contributed by atoms with van der Waals surface area (Å²) in [6.07, 6.45) is 12.9. The average molecular weight is 334 g/mol. The van der Waals surface area contributed by atoms with Gasteiger partial charge in [0.15, 0.2) is 0 Å². The fourth-order valence-electron chi connectivity index (χ4n) is 3.00. The lowest BCUT2D eigenvalue weighted by Crippen LogP contribution is -2.15. The Bertz CT molecular complexity index is 269. The van der Waals surface area contributed by atoms with Crippen LogP contribution in [0, 0.1) is 11.8 Å². The van der Waals surface area contributed by atoms with Crippen LogP contribution in [0.3, 0.4) is 0 Å². The molecule has 0 saturated carbocycles. The van der Waals surface area contributed by atoms with E-state index in [1.165, 1.54) is 44.9 Å². The van der Waals surface area contributed by atoms with E-state index in [4.69, 9.17) is 9.42 Å². The molecule has 0 spiro atoms. The summed E-state index contributed by atoms with van der Waals surface area (Å²) in [5, 5.41) is 0. The van der Waals surface area contributed by atoms with Gasteiger partial charge in [-0.3, -0.25) is 4.57 Å². The lowest BCUT2D eigenvalue weighted by Gasteiger charge is -2.22. The third kappa shape index (κ3) is 13.8. The first-order chi connectivity index (χ1) is 10.5. The van der Waals surface area contributed by atoms with Crippen molar-refractivity contribution >= 4 is 8.25 Å². The molecule has 0 radical (unpaired) electrons. The van der Waals surface area contributed by atoms with Gasteiger partial charge in [-0.1, -0.05) is 85.5 Å². The van der Waals surface area contributed by atoms with Crippen molar-refractivity contribution in [2.45, 2.75) is 104 Å². The zero-order valence-corrected chi connectivity index (χ0v) is 16.3. The molecule has 0 aliphatic rings. The number of hydrogen-bond donors (Lipinski definition) is 1. The molecule has 134 valence electrons. The number of unbranched alkanes of at least 4 members (excludes halogenated alkanes) is 4. The van der Waals surface area contributed by atoms with Crippen LogP contribution in [0.4, 0.5) is 0 Å². The van der Waals surface area contributed by atoms with Gasteiger partial charge in [0, 0.05) is 0 Å². The van der Waals surface area contributed by atoms with E-state index in [9.17, 15) is 4.57 Å². The molecule has 3 nitrogen and oxygen atoms in total. The van der Waals surface area contributed by atoms with Gasteiger partial charge in [0.25, 0.3) is 0 Å². The highest BCUT2D eigenvalue weighted by molar-refractivity contribution is 7.32. The molecular weight excluding hydrogens is 295 g/mol. The van der Waals surface area contributed by atoms with Crippen LogP contribution in [0.25, 0.3) is 0 Å². The predicted octanol–water partition coefficient (Wildman–Crippen LogP) is 6.36. The van der Waals surface area contributed by atoms with E-state index in [1.54, 1.807) is 0 Å². The van der Waals surface area contributed by atoms with E-state index < -0.39 is 8.25 Å². The Kier molecular flexibility index (Phi) is 14.8. The Morgan fingerprint density at radius 1 is 0.955 bits per heavy atom. The van der Waals surface area contributed by atoms with Gasteiger partial charge in [0.05, 0.1) is 6.10 Å². The zero-order chi connectivity index (χ0) is 16.8. The highest BCUT2D eigenvalue weighted by atomic mass is 31.1. The standard InChI is InChI=1S/C18H39O3P/c1-5-7-13-17(6-2)15-18(21-22(19)20)14-11-9-8-10-12-16(3)4/h16-18,22H,5-15H2,1-4H3,(H,19,20). The normalized spacial score (nSPS) is 15.9. The molecule has 0 saturated heterocycles. The molecule has 1 N–H and O–H groups in total. The molecule has 0 bridgehead atoms. The Morgan fingerprint density at radius 2 is 1.59 bits per heavy atom. The highest BCUT2D eigenvalue weighted by Gasteiger charge is 2.17. The molecular formula is C18H39O3P. The molecule has 0 rings (SSSR count). The van der Waals surface area contributed by atoms with Gasteiger partial charge in [-0.2, -0.15) is 0 Å². The number of hydrogen-bond acceptors (Lipinski definition) is 2. The van der Waals surface area contributed by atoms with Crippen LogP contribution in [0.15, 0.2) is 0 Å². The SMILES string of the molecule is CCCCC(CC)CC(CCCCCCC(C)C)O[PH](=O)O. The maximum Gasteiger partial charge on any atom is 0.316 e. The Morgan fingerprint density at radius 3 is 2.09 bits per heavy atom. The third-order valence-electron chi connectivity index (χ3n) is 4.46. The minimum Gasteiger partial charge on any atom is -0.326 e. The first-order valence-corrected chi connectivity index (χ1v) is 10.6. The third-order valence-corrected chi connectivity index (χ3v) is 5.00. The fourth-order valence-corrected chi connectivity index (χ4v) is 3.50. The van der Waals surface area contributed by atoms with Crippen LogP contribution in [0.1, 0.15) is 98.3 Å². The van der Waals surface area contributed by atoms with Gasteiger partial charge < -0.3 is 9.42 Å². The molecule has 22 heavy (non-hydrogen) atoms. The Balaban J connectivity index is 4.03. The van der Waals surface area contributed by atoms with Crippen LogP contribution in [0.5, 0.6) is 0 Å². The van der Waals surface area contributed by atoms with Crippen LogP contribution in [-0.4, -0.2) is 11.0 Å². The molecule has 0 aromatic rings. The summed E-state index contributed by atoms with van der Waals surface area (Å²) < 4.78 is 16.4. The van der Waals surface area contributed by atoms with E-state index in [-0.39, 0.29) is 6.10 Å². The Hall–Kier alpha value is 0.150. The molecule has 0 heterocycles. The monoisotopic (exact) mass is 334 g/mol. The molecule has 0 aromatic carbocycles. The van der Waals surface area contributed by atoms with Crippen molar-refractivity contribution in [3.63, 3.8) is 0 Å². The summed E-state index contributed by atoms with van der Waals surface area (Å²) >= 11 is 0. The first-order valence-electron chi connectivity index (χ1n) is 9.39. The van der Waals surface area contributed by atoms with Gasteiger partial charge >= 0.3 is 8.25 Å². The summed E-state index contributed by atoms with van der Waals surface area (Å²) in [4.78, 5) is 9.11. The van der Waals surface area contributed by atoms with Crippen LogP contribution < -0.4 is 0 Å². The highest BCUT2D eigenvalue weighted by Crippen LogP contribution is 2.29. The Labute approximate surface area is 139 Å². The lowest BCUT2D eigenvalue weighted by molar-refractivity contribution is 0.141. The molecule has 0 aliphatic carbocycles. The van der Waals surface area contributed by atoms with E-state index in [0.29, 0.717) is 5.92 Å². The second kappa shape index (κ2) is 14.7. The van der Waals surface area contributed by atoms with Crippen molar-refractivity contribution in [3.8, 4) is 0 Å². The van der Waals surface area contributed by atoms with E-state index in [2.05, 4.69) is 27.7 Å². The van der Waals surface area contributed by atoms with Crippen molar-refractivity contribution in [2.75, 3.05) is 0 Å². The van der Waals surface area contributed by atoms with Crippen molar-refractivity contribution in [1.82, 2.24) is 0 Å². The topological polar surface area (TPSA) is 46.5 Å². The summed E-state index contributed by atoms with van der Waals surface area (Å²) in [6, 6.07) is 0. The van der Waals surface area contributed by atoms with Crippen molar-refractivity contribution in [1.29, 1.82) is 0 Å². The lowest BCUT2D eigenvalue weighted by atomic mass is 9.91. The van der Waals surface area contributed by atoms with Gasteiger partial charge in [-0.15, -0.1) is 0 Å². The largest absolute Gasteiger partial charge is 0.326 e. The predicted molar refractivity (Wildman–Crippen MR) is 96.6 cm³/mol. The summed E-state index contributed by atoms with van der Waals surface area (Å²) in [6.45, 7) is 8.96. The molecule has 0 aromatic heterocycles. The molecule has 0 amide bonds. The van der Waals surface area contributed by atoms with Gasteiger partial charge in [-0.25, -0.2) is 0 Å². The van der Waals surface area contributed by atoms with Crippen molar-refractivity contribution in [2.24, 2.45) is 11.8 Å². The van der Waals surface area contributed by atoms with Gasteiger partial charge in [0.2, 0.25) is 0 Å². The van der Waals surface area contributed by atoms with Gasteiger partial charge in [0.1, 0.15) is 0 Å². The van der Waals surface area contributed by atoms with Crippen molar-refractivity contribution in [3.05, 3.63) is 0 Å². The van der Waals surface area contributed by atoms with Crippen LogP contribution >= 0.6 is 8.25 Å².